The van der Waals surface area contributed by atoms with Crippen molar-refractivity contribution in [3.63, 3.8) is 0 Å². The molecule has 0 amide bonds. The highest BCUT2D eigenvalue weighted by molar-refractivity contribution is 7.22. The SMILES string of the molecule is OC[C@@H](Nc1nc2ccc(CNc3cncc(Cl)n3)cc2s1)C1CCCCC1. The molecule has 1 aromatic carbocycles. The van der Waals surface area contributed by atoms with E-state index in [2.05, 4.69) is 32.7 Å². The number of rotatable bonds is 7. The zero-order chi connectivity index (χ0) is 19.3. The van der Waals surface area contributed by atoms with Gasteiger partial charge in [-0.1, -0.05) is 48.3 Å². The molecule has 0 spiro atoms. The Morgan fingerprint density at radius 3 is 2.82 bits per heavy atom. The molecule has 4 rings (SSSR count). The molecule has 3 aromatic rings. The first-order valence-corrected chi connectivity index (χ1v) is 10.9. The standard InChI is InChI=1S/C20H24ClN5OS/c21-18-10-22-11-19(26-18)23-9-13-6-7-15-17(8-13)28-20(24-15)25-16(12-27)14-4-2-1-3-5-14/h6-8,10-11,14,16,27H,1-5,9,12H2,(H,23,26)(H,24,25)/t16-/m1/s1. The Morgan fingerprint density at radius 1 is 1.18 bits per heavy atom. The Balaban J connectivity index is 1.43. The Hall–Kier alpha value is -1.96. The van der Waals surface area contributed by atoms with Crippen LogP contribution in [0, 0.1) is 5.92 Å². The maximum Gasteiger partial charge on any atom is 0.184 e. The average Bonchev–Trinajstić information content (AvgIpc) is 3.13. The maximum atomic E-state index is 9.84. The summed E-state index contributed by atoms with van der Waals surface area (Å²) in [6, 6.07) is 6.31. The van der Waals surface area contributed by atoms with Crippen LogP contribution in [0.1, 0.15) is 37.7 Å². The molecule has 1 saturated carbocycles. The number of aliphatic hydroxyl groups excluding tert-OH is 1. The largest absolute Gasteiger partial charge is 0.394 e. The summed E-state index contributed by atoms with van der Waals surface area (Å²) in [5.41, 5.74) is 2.11. The van der Waals surface area contributed by atoms with Crippen LogP contribution < -0.4 is 10.6 Å². The number of anilines is 2. The number of aliphatic hydroxyl groups is 1. The van der Waals surface area contributed by atoms with Crippen molar-refractivity contribution in [2.75, 3.05) is 17.2 Å². The number of nitrogens with zero attached hydrogens (tertiary/aromatic N) is 3. The summed E-state index contributed by atoms with van der Waals surface area (Å²) in [6.45, 7) is 0.781. The van der Waals surface area contributed by atoms with Gasteiger partial charge >= 0.3 is 0 Å². The molecule has 0 aliphatic heterocycles. The molecule has 0 bridgehead atoms. The Labute approximate surface area is 173 Å². The average molecular weight is 418 g/mol. The smallest absolute Gasteiger partial charge is 0.184 e. The lowest BCUT2D eigenvalue weighted by molar-refractivity contribution is 0.209. The molecule has 8 heteroatoms. The number of hydrogen-bond acceptors (Lipinski definition) is 7. The lowest BCUT2D eigenvalue weighted by atomic mass is 9.84. The van der Waals surface area contributed by atoms with Crippen LogP contribution in [0.15, 0.2) is 30.6 Å². The van der Waals surface area contributed by atoms with E-state index >= 15 is 0 Å². The lowest BCUT2D eigenvalue weighted by Gasteiger charge is -2.29. The number of nitrogens with one attached hydrogen (secondary N) is 2. The van der Waals surface area contributed by atoms with Crippen LogP contribution >= 0.6 is 22.9 Å². The van der Waals surface area contributed by atoms with Gasteiger partial charge in [0.1, 0.15) is 11.0 Å². The third kappa shape index (κ3) is 4.71. The monoisotopic (exact) mass is 417 g/mol. The van der Waals surface area contributed by atoms with Crippen LogP contribution in [0.2, 0.25) is 5.15 Å². The van der Waals surface area contributed by atoms with Crippen molar-refractivity contribution in [1.82, 2.24) is 15.0 Å². The van der Waals surface area contributed by atoms with E-state index in [-0.39, 0.29) is 12.6 Å². The summed E-state index contributed by atoms with van der Waals surface area (Å²) in [7, 11) is 0. The summed E-state index contributed by atoms with van der Waals surface area (Å²) in [4.78, 5) is 12.9. The van der Waals surface area contributed by atoms with Crippen LogP contribution in [0.3, 0.4) is 0 Å². The molecular formula is C20H24ClN5OS. The second-order valence-corrected chi connectivity index (χ2v) is 8.65. The van der Waals surface area contributed by atoms with Crippen molar-refractivity contribution in [1.29, 1.82) is 0 Å². The number of aromatic nitrogens is 3. The van der Waals surface area contributed by atoms with Crippen LogP contribution in [0.5, 0.6) is 0 Å². The van der Waals surface area contributed by atoms with Crippen LogP contribution in [-0.2, 0) is 6.54 Å². The van der Waals surface area contributed by atoms with Crippen molar-refractivity contribution < 1.29 is 5.11 Å². The van der Waals surface area contributed by atoms with E-state index in [1.54, 1.807) is 17.5 Å². The van der Waals surface area contributed by atoms with E-state index in [4.69, 9.17) is 16.6 Å². The number of benzene rings is 1. The van der Waals surface area contributed by atoms with Crippen molar-refractivity contribution in [2.24, 2.45) is 5.92 Å². The molecule has 3 N–H and O–H groups in total. The predicted octanol–water partition coefficient (Wildman–Crippen LogP) is 4.70. The summed E-state index contributed by atoms with van der Waals surface area (Å²) < 4.78 is 1.12. The molecule has 2 heterocycles. The fourth-order valence-electron chi connectivity index (χ4n) is 3.77. The van der Waals surface area contributed by atoms with Crippen molar-refractivity contribution in [3.05, 3.63) is 41.3 Å². The summed E-state index contributed by atoms with van der Waals surface area (Å²) in [5, 5.41) is 17.8. The van der Waals surface area contributed by atoms with Gasteiger partial charge in [0.05, 0.1) is 35.3 Å². The van der Waals surface area contributed by atoms with Gasteiger partial charge in [-0.25, -0.2) is 9.97 Å². The van der Waals surface area contributed by atoms with Gasteiger partial charge in [0.25, 0.3) is 0 Å². The Morgan fingerprint density at radius 2 is 2.04 bits per heavy atom. The fourth-order valence-corrected chi connectivity index (χ4v) is 4.91. The molecule has 1 atom stereocenters. The highest BCUT2D eigenvalue weighted by Gasteiger charge is 2.23. The molecule has 0 saturated heterocycles. The van der Waals surface area contributed by atoms with Gasteiger partial charge in [0.2, 0.25) is 0 Å². The van der Waals surface area contributed by atoms with Crippen LogP contribution in [0.25, 0.3) is 10.2 Å². The summed E-state index contributed by atoms with van der Waals surface area (Å²) in [6.07, 6.45) is 9.37. The van der Waals surface area contributed by atoms with E-state index < -0.39 is 0 Å². The van der Waals surface area contributed by atoms with Crippen LogP contribution in [-0.4, -0.2) is 32.7 Å². The number of thiazole rings is 1. The Bertz CT molecular complexity index is 928. The second kappa shape index (κ2) is 9.03. The third-order valence-electron chi connectivity index (χ3n) is 5.26. The highest BCUT2D eigenvalue weighted by Crippen LogP contribution is 2.31. The highest BCUT2D eigenvalue weighted by atomic mass is 35.5. The number of hydrogen-bond donors (Lipinski definition) is 3. The van der Waals surface area contributed by atoms with E-state index in [1.807, 2.05) is 6.07 Å². The minimum absolute atomic E-state index is 0.0865. The van der Waals surface area contributed by atoms with Gasteiger partial charge in [-0.3, -0.25) is 4.98 Å². The first-order valence-electron chi connectivity index (χ1n) is 9.69. The van der Waals surface area contributed by atoms with E-state index in [9.17, 15) is 5.11 Å². The summed E-state index contributed by atoms with van der Waals surface area (Å²) >= 11 is 7.51. The minimum Gasteiger partial charge on any atom is -0.394 e. The quantitative estimate of drug-likeness (QED) is 0.516. The molecule has 2 aromatic heterocycles. The lowest BCUT2D eigenvalue weighted by Crippen LogP contribution is -2.33. The van der Waals surface area contributed by atoms with Crippen molar-refractivity contribution in [2.45, 2.75) is 44.7 Å². The van der Waals surface area contributed by atoms with Gasteiger partial charge in [0.15, 0.2) is 5.13 Å². The molecular weight excluding hydrogens is 394 g/mol. The molecule has 0 radical (unpaired) electrons. The van der Waals surface area contributed by atoms with E-state index in [1.165, 1.54) is 38.3 Å². The Kier molecular flexibility index (Phi) is 6.24. The minimum atomic E-state index is 0.0865. The third-order valence-corrected chi connectivity index (χ3v) is 6.39. The fraction of sp³-hybridized carbons (Fsp3) is 0.450. The van der Waals surface area contributed by atoms with E-state index in [0.29, 0.717) is 23.4 Å². The van der Waals surface area contributed by atoms with E-state index in [0.717, 1.165) is 20.9 Å². The normalized spacial score (nSPS) is 16.2. The zero-order valence-corrected chi connectivity index (χ0v) is 17.1. The number of fused-ring (bicyclic) bond motifs is 1. The molecule has 6 nitrogen and oxygen atoms in total. The van der Waals surface area contributed by atoms with Gasteiger partial charge in [-0.2, -0.15) is 0 Å². The molecule has 28 heavy (non-hydrogen) atoms. The second-order valence-electron chi connectivity index (χ2n) is 7.23. The first kappa shape index (κ1) is 19.4. The first-order chi connectivity index (χ1) is 13.7. The molecule has 1 fully saturated rings. The molecule has 0 unspecified atom stereocenters. The zero-order valence-electron chi connectivity index (χ0n) is 15.6. The van der Waals surface area contributed by atoms with Gasteiger partial charge in [-0.15, -0.1) is 0 Å². The summed E-state index contributed by atoms with van der Waals surface area (Å²) in [5.74, 6) is 1.18. The topological polar surface area (TPSA) is 83.0 Å². The molecule has 1 aliphatic carbocycles. The maximum absolute atomic E-state index is 9.84. The number of halogens is 1. The van der Waals surface area contributed by atoms with Crippen molar-refractivity contribution in [3.8, 4) is 0 Å². The molecule has 148 valence electrons. The molecule has 1 aliphatic rings. The van der Waals surface area contributed by atoms with Crippen LogP contribution in [0.4, 0.5) is 10.9 Å². The predicted molar refractivity (Wildman–Crippen MR) is 115 cm³/mol. The van der Waals surface area contributed by atoms with Gasteiger partial charge in [-0.05, 0) is 36.5 Å². The van der Waals surface area contributed by atoms with Crippen molar-refractivity contribution >= 4 is 44.1 Å². The van der Waals surface area contributed by atoms with Gasteiger partial charge in [0, 0.05) is 6.54 Å². The van der Waals surface area contributed by atoms with Gasteiger partial charge < -0.3 is 15.7 Å².